The largest absolute Gasteiger partial charge is 0.550 e. The second kappa shape index (κ2) is 7.06. The zero-order valence-corrected chi connectivity index (χ0v) is 10.8. The molecule has 1 atom stereocenters. The van der Waals surface area contributed by atoms with E-state index in [1.807, 2.05) is 14.1 Å². The first-order chi connectivity index (χ1) is 7.76. The van der Waals surface area contributed by atoms with E-state index < -0.39 is 11.9 Å². The van der Waals surface area contributed by atoms with E-state index in [4.69, 9.17) is 4.74 Å². The number of aliphatic carboxylic acids is 1. The number of carboxylic acid groups (broad SMARTS) is 1. The Kier molecular flexibility index (Phi) is 6.50. The van der Waals surface area contributed by atoms with Crippen LogP contribution in [0.15, 0.2) is 12.7 Å². The second-order valence-electron chi connectivity index (χ2n) is 4.77. The highest BCUT2D eigenvalue weighted by atomic mass is 16.5. The van der Waals surface area contributed by atoms with Crippen molar-refractivity contribution >= 4 is 11.9 Å². The summed E-state index contributed by atoms with van der Waals surface area (Å²) in [7, 11) is 3.93. The van der Waals surface area contributed by atoms with Crippen LogP contribution in [0.3, 0.4) is 0 Å². The molecule has 0 aromatic rings. The van der Waals surface area contributed by atoms with Gasteiger partial charge in [0.1, 0.15) is 12.6 Å². The molecule has 0 fully saturated rings. The number of likely N-dealkylation sites (N-methyl/N-ethyl adjacent to an activating group) is 1. The van der Waals surface area contributed by atoms with Crippen LogP contribution in [-0.2, 0) is 14.3 Å². The molecule has 0 aromatic carbocycles. The minimum atomic E-state index is -1.03. The highest BCUT2D eigenvalue weighted by molar-refractivity contribution is 5.81. The van der Waals surface area contributed by atoms with Gasteiger partial charge in [0, 0.05) is 18.5 Å². The standard InChI is InChI=1S/C12H21NO4/c1-5-12(16)17-10(2)9-13(3,4)8-6-7-11(14)15/h5,10H,1,6-9H2,2-4H3. The molecule has 0 heterocycles. The van der Waals surface area contributed by atoms with Crippen molar-refractivity contribution in [2.24, 2.45) is 0 Å². The van der Waals surface area contributed by atoms with E-state index in [9.17, 15) is 14.7 Å². The maximum absolute atomic E-state index is 11.0. The van der Waals surface area contributed by atoms with Crippen LogP contribution >= 0.6 is 0 Å². The zero-order chi connectivity index (χ0) is 13.5. The van der Waals surface area contributed by atoms with E-state index in [0.29, 0.717) is 24.0 Å². The number of rotatable bonds is 8. The molecule has 0 amide bonds. The number of carboxylic acids is 1. The summed E-state index contributed by atoms with van der Waals surface area (Å²) in [6.07, 6.45) is 1.52. The summed E-state index contributed by atoms with van der Waals surface area (Å²) in [5.74, 6) is -1.47. The number of ether oxygens (including phenoxy) is 1. The highest BCUT2D eigenvalue weighted by Crippen LogP contribution is 2.06. The molecule has 0 rings (SSSR count). The molecule has 0 bridgehead atoms. The van der Waals surface area contributed by atoms with Gasteiger partial charge in [-0.3, -0.25) is 0 Å². The smallest absolute Gasteiger partial charge is 0.330 e. The van der Waals surface area contributed by atoms with Gasteiger partial charge < -0.3 is 19.1 Å². The lowest BCUT2D eigenvalue weighted by Crippen LogP contribution is -2.46. The lowest BCUT2D eigenvalue weighted by atomic mass is 10.2. The Balaban J connectivity index is 4.01. The van der Waals surface area contributed by atoms with Crippen LogP contribution < -0.4 is 5.11 Å². The molecular weight excluding hydrogens is 222 g/mol. The van der Waals surface area contributed by atoms with Crippen LogP contribution in [0, 0.1) is 0 Å². The maximum atomic E-state index is 11.0. The van der Waals surface area contributed by atoms with Crippen molar-refractivity contribution in [1.82, 2.24) is 0 Å². The van der Waals surface area contributed by atoms with Gasteiger partial charge in [0.25, 0.3) is 0 Å². The number of carbonyl (C=O) groups is 2. The Morgan fingerprint density at radius 2 is 2.06 bits per heavy atom. The van der Waals surface area contributed by atoms with E-state index in [1.165, 1.54) is 0 Å². The molecule has 98 valence electrons. The molecule has 0 N–H and O–H groups in total. The fourth-order valence-corrected chi connectivity index (χ4v) is 1.72. The van der Waals surface area contributed by atoms with Crippen molar-refractivity contribution in [2.45, 2.75) is 25.9 Å². The average Bonchev–Trinajstić information content (AvgIpc) is 2.15. The SMILES string of the molecule is C=CC(=O)OC(C)C[N+](C)(C)CCCC(=O)[O-]. The summed E-state index contributed by atoms with van der Waals surface area (Å²) >= 11 is 0. The summed E-state index contributed by atoms with van der Waals surface area (Å²) in [6, 6.07) is 0. The summed E-state index contributed by atoms with van der Waals surface area (Å²) in [5.41, 5.74) is 0. The van der Waals surface area contributed by atoms with Gasteiger partial charge >= 0.3 is 5.97 Å². The van der Waals surface area contributed by atoms with E-state index >= 15 is 0 Å². The minimum absolute atomic E-state index is 0.0580. The van der Waals surface area contributed by atoms with Gasteiger partial charge in [-0.05, 0) is 13.3 Å². The molecule has 0 aliphatic heterocycles. The monoisotopic (exact) mass is 243 g/mol. The van der Waals surface area contributed by atoms with Gasteiger partial charge in [-0.1, -0.05) is 6.58 Å². The number of nitrogens with zero attached hydrogens (tertiary/aromatic N) is 1. The first-order valence-electron chi connectivity index (χ1n) is 5.62. The number of quaternary nitrogens is 1. The Morgan fingerprint density at radius 3 is 2.53 bits per heavy atom. The van der Waals surface area contributed by atoms with Crippen molar-refractivity contribution in [3.8, 4) is 0 Å². The van der Waals surface area contributed by atoms with Crippen molar-refractivity contribution in [1.29, 1.82) is 0 Å². The van der Waals surface area contributed by atoms with Gasteiger partial charge in [-0.15, -0.1) is 0 Å². The third-order valence-corrected chi connectivity index (χ3v) is 2.38. The average molecular weight is 243 g/mol. The second-order valence-corrected chi connectivity index (χ2v) is 4.77. The summed E-state index contributed by atoms with van der Waals surface area (Å²) in [6.45, 7) is 6.46. The molecule has 0 saturated heterocycles. The van der Waals surface area contributed by atoms with E-state index in [-0.39, 0.29) is 12.5 Å². The molecule has 1 unspecified atom stereocenters. The molecule has 5 heteroatoms. The summed E-state index contributed by atoms with van der Waals surface area (Å²) in [5, 5.41) is 10.3. The van der Waals surface area contributed by atoms with E-state index in [0.717, 1.165) is 6.08 Å². The molecular formula is C12H21NO4. The van der Waals surface area contributed by atoms with Crippen LogP contribution in [0.4, 0.5) is 0 Å². The maximum Gasteiger partial charge on any atom is 0.330 e. The lowest BCUT2D eigenvalue weighted by molar-refractivity contribution is -0.893. The topological polar surface area (TPSA) is 66.4 Å². The van der Waals surface area contributed by atoms with E-state index in [1.54, 1.807) is 6.92 Å². The van der Waals surface area contributed by atoms with Crippen molar-refractivity contribution in [2.75, 3.05) is 27.2 Å². The van der Waals surface area contributed by atoms with Crippen molar-refractivity contribution in [3.63, 3.8) is 0 Å². The van der Waals surface area contributed by atoms with Crippen LogP contribution in [-0.4, -0.2) is 49.7 Å². The number of hydrogen-bond acceptors (Lipinski definition) is 4. The molecule has 0 aliphatic rings. The van der Waals surface area contributed by atoms with Gasteiger partial charge in [0.05, 0.1) is 20.6 Å². The highest BCUT2D eigenvalue weighted by Gasteiger charge is 2.20. The third kappa shape index (κ3) is 8.45. The first kappa shape index (κ1) is 15.6. The van der Waals surface area contributed by atoms with Crippen LogP contribution in [0.5, 0.6) is 0 Å². The Hall–Kier alpha value is -1.36. The molecule has 17 heavy (non-hydrogen) atoms. The van der Waals surface area contributed by atoms with Crippen LogP contribution in [0.2, 0.25) is 0 Å². The predicted molar refractivity (Wildman–Crippen MR) is 61.8 cm³/mol. The Morgan fingerprint density at radius 1 is 1.47 bits per heavy atom. The quantitative estimate of drug-likeness (QED) is 0.334. The predicted octanol–water partition coefficient (Wildman–Crippen LogP) is -0.289. The molecule has 0 spiro atoms. The van der Waals surface area contributed by atoms with Gasteiger partial charge in [0.15, 0.2) is 0 Å². The molecule has 0 aromatic heterocycles. The fourth-order valence-electron chi connectivity index (χ4n) is 1.72. The van der Waals surface area contributed by atoms with Crippen molar-refractivity contribution < 1.29 is 23.9 Å². The molecule has 0 aliphatic carbocycles. The summed E-state index contributed by atoms with van der Waals surface area (Å²) in [4.78, 5) is 21.3. The molecule has 0 saturated carbocycles. The normalized spacial score (nSPS) is 12.9. The number of carbonyl (C=O) groups excluding carboxylic acids is 2. The van der Waals surface area contributed by atoms with Gasteiger partial charge in [0.2, 0.25) is 0 Å². The van der Waals surface area contributed by atoms with Crippen LogP contribution in [0.1, 0.15) is 19.8 Å². The first-order valence-corrected chi connectivity index (χ1v) is 5.62. The fraction of sp³-hybridized carbons (Fsp3) is 0.667. The summed E-state index contributed by atoms with van der Waals surface area (Å²) < 4.78 is 5.66. The van der Waals surface area contributed by atoms with Crippen LogP contribution in [0.25, 0.3) is 0 Å². The van der Waals surface area contributed by atoms with Gasteiger partial charge in [-0.25, -0.2) is 4.79 Å². The minimum Gasteiger partial charge on any atom is -0.550 e. The van der Waals surface area contributed by atoms with Gasteiger partial charge in [-0.2, -0.15) is 0 Å². The number of hydrogen-bond donors (Lipinski definition) is 0. The lowest BCUT2D eigenvalue weighted by Gasteiger charge is -2.32. The Labute approximate surface area is 102 Å². The van der Waals surface area contributed by atoms with E-state index in [2.05, 4.69) is 6.58 Å². The zero-order valence-electron chi connectivity index (χ0n) is 10.8. The van der Waals surface area contributed by atoms with Crippen molar-refractivity contribution in [3.05, 3.63) is 12.7 Å². The number of esters is 1. The Bertz CT molecular complexity index is 286. The third-order valence-electron chi connectivity index (χ3n) is 2.38. The molecule has 5 nitrogen and oxygen atoms in total. The molecule has 0 radical (unpaired) electrons.